The van der Waals surface area contributed by atoms with Crippen molar-refractivity contribution < 1.29 is 4.79 Å². The maximum atomic E-state index is 12.1. The van der Waals surface area contributed by atoms with Gasteiger partial charge in [0.15, 0.2) is 0 Å². The van der Waals surface area contributed by atoms with E-state index < -0.39 is 0 Å². The van der Waals surface area contributed by atoms with E-state index in [1.165, 1.54) is 29.7 Å². The standard InChI is InChI=1S/C24H30N4O/c1-5-27-21-12-10-18(24(29)25-4)15-19(21)26-23(27)22-8-6-7-13-28(22)20-11-9-16(2)14-17(20)3/h9-12,14-15,22H,5-8,13H2,1-4H3,(H,25,29). The number of nitrogens with zero attached hydrogens (tertiary/aromatic N) is 3. The molecule has 0 saturated carbocycles. The molecule has 3 aromatic rings. The van der Waals surface area contributed by atoms with E-state index in [0.29, 0.717) is 5.56 Å². The minimum absolute atomic E-state index is 0.0749. The third-order valence-corrected chi connectivity index (χ3v) is 6.05. The van der Waals surface area contributed by atoms with Crippen LogP contribution in [-0.2, 0) is 6.54 Å². The van der Waals surface area contributed by atoms with Crippen molar-refractivity contribution in [3.05, 3.63) is 58.9 Å². The summed E-state index contributed by atoms with van der Waals surface area (Å²) in [7, 11) is 1.66. The number of carbonyl (C=O) groups is 1. The number of anilines is 1. The predicted octanol–water partition coefficient (Wildman–Crippen LogP) is 4.76. The summed E-state index contributed by atoms with van der Waals surface area (Å²) in [6.45, 7) is 8.42. The van der Waals surface area contributed by atoms with Crippen LogP contribution < -0.4 is 10.2 Å². The van der Waals surface area contributed by atoms with Crippen LogP contribution >= 0.6 is 0 Å². The van der Waals surface area contributed by atoms with Crippen molar-refractivity contribution in [1.82, 2.24) is 14.9 Å². The number of fused-ring (bicyclic) bond motifs is 1. The maximum absolute atomic E-state index is 12.1. The first-order valence-electron chi connectivity index (χ1n) is 10.6. The number of hydrogen-bond acceptors (Lipinski definition) is 3. The van der Waals surface area contributed by atoms with Crippen LogP contribution in [0.3, 0.4) is 0 Å². The Morgan fingerprint density at radius 3 is 2.72 bits per heavy atom. The molecule has 0 aliphatic carbocycles. The molecule has 1 saturated heterocycles. The Balaban J connectivity index is 1.81. The number of nitrogens with one attached hydrogen (secondary N) is 1. The quantitative estimate of drug-likeness (QED) is 0.698. The summed E-state index contributed by atoms with van der Waals surface area (Å²) in [5, 5.41) is 2.70. The number of piperidine rings is 1. The molecule has 0 radical (unpaired) electrons. The van der Waals surface area contributed by atoms with E-state index in [-0.39, 0.29) is 11.9 Å². The third kappa shape index (κ3) is 3.50. The molecule has 0 bridgehead atoms. The van der Waals surface area contributed by atoms with E-state index in [0.717, 1.165) is 36.4 Å². The van der Waals surface area contributed by atoms with Crippen molar-refractivity contribution in [3.8, 4) is 0 Å². The second-order valence-electron chi connectivity index (χ2n) is 7.99. The van der Waals surface area contributed by atoms with Crippen molar-refractivity contribution in [2.75, 3.05) is 18.5 Å². The summed E-state index contributed by atoms with van der Waals surface area (Å²) < 4.78 is 2.31. The number of imidazole rings is 1. The second kappa shape index (κ2) is 7.90. The third-order valence-electron chi connectivity index (χ3n) is 6.05. The first-order valence-corrected chi connectivity index (χ1v) is 10.6. The van der Waals surface area contributed by atoms with Crippen molar-refractivity contribution in [3.63, 3.8) is 0 Å². The van der Waals surface area contributed by atoms with Gasteiger partial charge in [-0.3, -0.25) is 4.79 Å². The lowest BCUT2D eigenvalue weighted by atomic mass is 9.98. The fourth-order valence-corrected chi connectivity index (χ4v) is 4.64. The van der Waals surface area contributed by atoms with Crippen molar-refractivity contribution >= 4 is 22.6 Å². The van der Waals surface area contributed by atoms with E-state index in [1.807, 2.05) is 18.2 Å². The molecule has 0 spiro atoms. The highest BCUT2D eigenvalue weighted by Gasteiger charge is 2.29. The minimum atomic E-state index is -0.0749. The summed E-state index contributed by atoms with van der Waals surface area (Å²) in [6, 6.07) is 12.8. The van der Waals surface area contributed by atoms with Gasteiger partial charge in [-0.25, -0.2) is 4.98 Å². The van der Waals surface area contributed by atoms with Gasteiger partial charge in [0, 0.05) is 31.4 Å². The molecule has 152 valence electrons. The molecule has 4 rings (SSSR count). The molecule has 5 nitrogen and oxygen atoms in total. The number of carbonyl (C=O) groups excluding carboxylic acids is 1. The molecule has 1 fully saturated rings. The van der Waals surface area contributed by atoms with Gasteiger partial charge in [-0.2, -0.15) is 0 Å². The highest BCUT2D eigenvalue weighted by Crippen LogP contribution is 2.37. The number of hydrogen-bond donors (Lipinski definition) is 1. The van der Waals surface area contributed by atoms with Gasteiger partial charge < -0.3 is 14.8 Å². The minimum Gasteiger partial charge on any atom is -0.361 e. The monoisotopic (exact) mass is 390 g/mol. The Labute approximate surface area is 172 Å². The first-order chi connectivity index (χ1) is 14.0. The molecule has 1 amide bonds. The predicted molar refractivity (Wildman–Crippen MR) is 119 cm³/mol. The van der Waals surface area contributed by atoms with Crippen molar-refractivity contribution in [2.24, 2.45) is 0 Å². The number of amides is 1. The van der Waals surface area contributed by atoms with Gasteiger partial charge in [-0.05, 0) is 69.9 Å². The van der Waals surface area contributed by atoms with Gasteiger partial charge in [0.25, 0.3) is 5.91 Å². The average molecular weight is 391 g/mol. The lowest BCUT2D eigenvalue weighted by Crippen LogP contribution is -2.35. The summed E-state index contributed by atoms with van der Waals surface area (Å²) in [4.78, 5) is 19.7. The Morgan fingerprint density at radius 1 is 1.17 bits per heavy atom. The van der Waals surface area contributed by atoms with Crippen LogP contribution in [0.15, 0.2) is 36.4 Å². The molecule has 1 atom stereocenters. The number of aryl methyl sites for hydroxylation is 3. The molecule has 2 aromatic carbocycles. The highest BCUT2D eigenvalue weighted by molar-refractivity contribution is 5.97. The Hall–Kier alpha value is -2.82. The fourth-order valence-electron chi connectivity index (χ4n) is 4.64. The normalized spacial score (nSPS) is 17.0. The van der Waals surface area contributed by atoms with E-state index in [4.69, 9.17) is 4.98 Å². The molecular weight excluding hydrogens is 360 g/mol. The molecule has 29 heavy (non-hydrogen) atoms. The Morgan fingerprint density at radius 2 is 2.00 bits per heavy atom. The smallest absolute Gasteiger partial charge is 0.251 e. The maximum Gasteiger partial charge on any atom is 0.251 e. The molecule has 1 aliphatic rings. The number of benzene rings is 2. The second-order valence-corrected chi connectivity index (χ2v) is 7.99. The van der Waals surface area contributed by atoms with Gasteiger partial charge in [0.05, 0.1) is 17.1 Å². The van der Waals surface area contributed by atoms with Gasteiger partial charge >= 0.3 is 0 Å². The van der Waals surface area contributed by atoms with Crippen molar-refractivity contribution in [1.29, 1.82) is 0 Å². The topological polar surface area (TPSA) is 50.2 Å². The molecule has 2 heterocycles. The SMILES string of the molecule is CCn1c(C2CCCCN2c2ccc(C)cc2C)nc2cc(C(=O)NC)ccc21. The summed E-state index contributed by atoms with van der Waals surface area (Å²) in [5.74, 6) is 1.03. The largest absolute Gasteiger partial charge is 0.361 e. The van der Waals surface area contributed by atoms with Crippen LogP contribution in [0.2, 0.25) is 0 Å². The van der Waals surface area contributed by atoms with Crippen LogP contribution in [0, 0.1) is 13.8 Å². The zero-order valence-electron chi connectivity index (χ0n) is 17.8. The van der Waals surface area contributed by atoms with Crippen molar-refractivity contribution in [2.45, 2.75) is 52.6 Å². The number of rotatable bonds is 4. The zero-order valence-corrected chi connectivity index (χ0v) is 17.8. The molecule has 1 unspecified atom stereocenters. The molecule has 1 aromatic heterocycles. The van der Waals surface area contributed by atoms with E-state index >= 15 is 0 Å². The van der Waals surface area contributed by atoms with Crippen LogP contribution in [0.5, 0.6) is 0 Å². The number of aromatic nitrogens is 2. The summed E-state index contributed by atoms with van der Waals surface area (Å²) in [6.07, 6.45) is 3.51. The molecular formula is C24H30N4O. The van der Waals surface area contributed by atoms with Crippen LogP contribution in [-0.4, -0.2) is 29.1 Å². The first kappa shape index (κ1) is 19.5. The summed E-state index contributed by atoms with van der Waals surface area (Å²) >= 11 is 0. The Bertz CT molecular complexity index is 1050. The molecule has 1 N–H and O–H groups in total. The van der Waals surface area contributed by atoms with Gasteiger partial charge in [0.1, 0.15) is 5.82 Å². The molecule has 1 aliphatic heterocycles. The van der Waals surface area contributed by atoms with Gasteiger partial charge in [-0.15, -0.1) is 0 Å². The average Bonchev–Trinajstić information content (AvgIpc) is 3.10. The highest BCUT2D eigenvalue weighted by atomic mass is 16.1. The lowest BCUT2D eigenvalue weighted by Gasteiger charge is -2.38. The van der Waals surface area contributed by atoms with Crippen LogP contribution in [0.1, 0.15) is 59.5 Å². The van der Waals surface area contributed by atoms with Gasteiger partial charge in [-0.1, -0.05) is 17.7 Å². The molecule has 5 heteroatoms. The van der Waals surface area contributed by atoms with Crippen LogP contribution in [0.4, 0.5) is 5.69 Å². The van der Waals surface area contributed by atoms with E-state index in [9.17, 15) is 4.79 Å². The van der Waals surface area contributed by atoms with E-state index in [2.05, 4.69) is 53.8 Å². The van der Waals surface area contributed by atoms with Gasteiger partial charge in [0.2, 0.25) is 0 Å². The zero-order chi connectivity index (χ0) is 20.5. The fraction of sp³-hybridized carbons (Fsp3) is 0.417. The van der Waals surface area contributed by atoms with Crippen LogP contribution in [0.25, 0.3) is 11.0 Å². The lowest BCUT2D eigenvalue weighted by molar-refractivity contribution is 0.0963. The summed E-state index contributed by atoms with van der Waals surface area (Å²) in [5.41, 5.74) is 6.57. The Kier molecular flexibility index (Phi) is 5.31. The van der Waals surface area contributed by atoms with E-state index in [1.54, 1.807) is 7.05 Å².